The molecule has 1 atom stereocenters. The molecule has 0 unspecified atom stereocenters. The number of hydrogen-bond acceptors (Lipinski definition) is 4. The van der Waals surface area contributed by atoms with Gasteiger partial charge in [0.15, 0.2) is 5.82 Å². The van der Waals surface area contributed by atoms with Gasteiger partial charge in [-0.05, 0) is 19.1 Å². The molecule has 0 aliphatic rings. The van der Waals surface area contributed by atoms with Gasteiger partial charge in [0.05, 0.1) is 22.1 Å². The van der Waals surface area contributed by atoms with Crippen LogP contribution in [0.3, 0.4) is 0 Å². The molecule has 1 rings (SSSR count). The van der Waals surface area contributed by atoms with Crippen LogP contribution in [0.15, 0.2) is 17.0 Å². The van der Waals surface area contributed by atoms with Crippen LogP contribution >= 0.6 is 11.6 Å². The van der Waals surface area contributed by atoms with Gasteiger partial charge < -0.3 is 10.2 Å². The third-order valence-electron chi connectivity index (χ3n) is 2.79. The summed E-state index contributed by atoms with van der Waals surface area (Å²) in [4.78, 5) is 10.4. The van der Waals surface area contributed by atoms with Crippen LogP contribution in [0.2, 0.25) is 5.02 Å². The van der Waals surface area contributed by atoms with Crippen molar-refractivity contribution in [2.75, 3.05) is 13.7 Å². The van der Waals surface area contributed by atoms with Crippen LogP contribution in [-0.2, 0) is 10.0 Å². The number of benzene rings is 1. The van der Waals surface area contributed by atoms with Crippen molar-refractivity contribution in [1.82, 2.24) is 4.31 Å². The van der Waals surface area contributed by atoms with E-state index >= 15 is 0 Å². The Balaban J connectivity index is 3.44. The van der Waals surface area contributed by atoms with Gasteiger partial charge in [-0.2, -0.15) is 4.31 Å². The highest BCUT2D eigenvalue weighted by molar-refractivity contribution is 7.89. The van der Waals surface area contributed by atoms with Crippen LogP contribution in [0.25, 0.3) is 0 Å². The summed E-state index contributed by atoms with van der Waals surface area (Å²) in [5.74, 6) is -2.82. The van der Waals surface area contributed by atoms with Gasteiger partial charge in [-0.25, -0.2) is 17.6 Å². The fraction of sp³-hybridized carbons (Fsp3) is 0.364. The van der Waals surface area contributed by atoms with E-state index in [0.29, 0.717) is 6.07 Å². The highest BCUT2D eigenvalue weighted by Gasteiger charge is 2.28. The molecule has 112 valence electrons. The van der Waals surface area contributed by atoms with E-state index in [-0.39, 0.29) is 0 Å². The fourth-order valence-electron chi connectivity index (χ4n) is 1.39. The number of hydrogen-bond donors (Lipinski definition) is 2. The number of aromatic carboxylic acids is 1. The number of likely N-dealkylation sites (N-methyl/N-ethyl adjacent to an activating group) is 1. The van der Waals surface area contributed by atoms with Gasteiger partial charge in [-0.1, -0.05) is 11.6 Å². The molecule has 0 aromatic heterocycles. The van der Waals surface area contributed by atoms with Crippen LogP contribution < -0.4 is 0 Å². The minimum absolute atomic E-state index is 0.420. The highest BCUT2D eigenvalue weighted by atomic mass is 35.5. The lowest BCUT2D eigenvalue weighted by atomic mass is 10.2. The number of carboxylic acids is 1. The first-order chi connectivity index (χ1) is 9.12. The van der Waals surface area contributed by atoms with Gasteiger partial charge in [-0.15, -0.1) is 0 Å². The van der Waals surface area contributed by atoms with Crippen molar-refractivity contribution in [3.05, 3.63) is 28.5 Å². The zero-order valence-electron chi connectivity index (χ0n) is 10.7. The smallest absolute Gasteiger partial charge is 0.338 e. The molecular weight excluding hydrogens is 313 g/mol. The maximum absolute atomic E-state index is 13.5. The van der Waals surface area contributed by atoms with Gasteiger partial charge in [-0.3, -0.25) is 0 Å². The predicted molar refractivity (Wildman–Crippen MR) is 69.9 cm³/mol. The normalized spacial score (nSPS) is 13.5. The summed E-state index contributed by atoms with van der Waals surface area (Å²) in [6, 6.07) is 0.802. The zero-order chi connectivity index (χ0) is 15.7. The molecule has 0 radical (unpaired) electrons. The molecular formula is C11H13ClFNO5S. The number of aliphatic hydroxyl groups is 1. The molecule has 6 nitrogen and oxygen atoms in total. The second kappa shape index (κ2) is 6.04. The number of aliphatic hydroxyl groups excluding tert-OH is 1. The quantitative estimate of drug-likeness (QED) is 0.847. The van der Waals surface area contributed by atoms with E-state index in [0.717, 1.165) is 10.4 Å². The molecule has 20 heavy (non-hydrogen) atoms. The first kappa shape index (κ1) is 16.8. The Hall–Kier alpha value is -1.22. The monoisotopic (exact) mass is 325 g/mol. The SMILES string of the molecule is C[C@@H](CO)N(C)S(=O)(=O)c1cc(Cl)c(F)c(C(=O)O)c1. The van der Waals surface area contributed by atoms with Crippen molar-refractivity contribution in [1.29, 1.82) is 0 Å². The lowest BCUT2D eigenvalue weighted by molar-refractivity contribution is 0.0691. The number of carbonyl (C=O) groups is 1. The average molecular weight is 326 g/mol. The molecule has 0 bridgehead atoms. The number of halogens is 2. The van der Waals surface area contributed by atoms with Gasteiger partial charge in [0.2, 0.25) is 10.0 Å². The molecule has 2 N–H and O–H groups in total. The van der Waals surface area contributed by atoms with E-state index < -0.39 is 49.9 Å². The Morgan fingerprint density at radius 3 is 2.50 bits per heavy atom. The molecule has 0 saturated heterocycles. The maximum atomic E-state index is 13.5. The predicted octanol–water partition coefficient (Wildman–Crippen LogP) is 1.18. The Kier molecular flexibility index (Phi) is 5.09. The lowest BCUT2D eigenvalue weighted by Gasteiger charge is -2.22. The van der Waals surface area contributed by atoms with E-state index in [9.17, 15) is 17.6 Å². The molecule has 0 heterocycles. The minimum atomic E-state index is -4.09. The third-order valence-corrected chi connectivity index (χ3v) is 5.02. The number of rotatable bonds is 5. The summed E-state index contributed by atoms with van der Waals surface area (Å²) >= 11 is 5.52. The van der Waals surface area contributed by atoms with Gasteiger partial charge in [0.1, 0.15) is 0 Å². The summed E-state index contributed by atoms with van der Waals surface area (Å²) < 4.78 is 38.8. The topological polar surface area (TPSA) is 94.9 Å². The zero-order valence-corrected chi connectivity index (χ0v) is 12.2. The molecule has 1 aromatic rings. The summed E-state index contributed by atoms with van der Waals surface area (Å²) in [6.45, 7) is 1.04. The molecule has 0 saturated carbocycles. The maximum Gasteiger partial charge on any atom is 0.338 e. The van der Waals surface area contributed by atoms with Crippen LogP contribution in [0.4, 0.5) is 4.39 Å². The highest BCUT2D eigenvalue weighted by Crippen LogP contribution is 2.26. The Labute approximate surface area is 120 Å². The van der Waals surface area contributed by atoms with Crippen LogP contribution in [0, 0.1) is 5.82 Å². The van der Waals surface area contributed by atoms with E-state index in [2.05, 4.69) is 0 Å². The molecule has 0 spiro atoms. The van der Waals surface area contributed by atoms with Gasteiger partial charge in [0.25, 0.3) is 0 Å². The van der Waals surface area contributed by atoms with Crippen molar-refractivity contribution in [3.63, 3.8) is 0 Å². The first-order valence-corrected chi connectivity index (χ1v) is 7.26. The molecule has 0 aliphatic carbocycles. The van der Waals surface area contributed by atoms with E-state index in [1.165, 1.54) is 14.0 Å². The number of nitrogens with zero attached hydrogens (tertiary/aromatic N) is 1. The molecule has 1 aromatic carbocycles. The lowest BCUT2D eigenvalue weighted by Crippen LogP contribution is -2.37. The van der Waals surface area contributed by atoms with Crippen molar-refractivity contribution < 1.29 is 27.8 Å². The molecule has 0 amide bonds. The van der Waals surface area contributed by atoms with Crippen LogP contribution in [0.1, 0.15) is 17.3 Å². The van der Waals surface area contributed by atoms with Crippen LogP contribution in [-0.4, -0.2) is 48.6 Å². The standard InChI is InChI=1S/C11H13ClFNO5S/c1-6(5-15)14(2)20(18,19)7-3-8(11(16)17)10(13)9(12)4-7/h3-4,6,15H,5H2,1-2H3,(H,16,17)/t6-/m0/s1. The van der Waals surface area contributed by atoms with Gasteiger partial charge >= 0.3 is 5.97 Å². The van der Waals surface area contributed by atoms with Crippen molar-refractivity contribution in [2.45, 2.75) is 17.9 Å². The van der Waals surface area contributed by atoms with E-state index in [4.69, 9.17) is 21.8 Å². The third kappa shape index (κ3) is 3.09. The summed E-state index contributed by atoms with van der Waals surface area (Å²) in [6.07, 6.45) is 0. The van der Waals surface area contributed by atoms with Crippen molar-refractivity contribution >= 4 is 27.6 Å². The number of carboxylic acid groups (broad SMARTS) is 1. The second-order valence-corrected chi connectivity index (χ2v) is 6.53. The Bertz CT molecular complexity index is 634. The van der Waals surface area contributed by atoms with Crippen molar-refractivity contribution in [3.8, 4) is 0 Å². The molecule has 9 heteroatoms. The second-order valence-electron chi connectivity index (χ2n) is 4.12. The Morgan fingerprint density at radius 1 is 1.50 bits per heavy atom. The minimum Gasteiger partial charge on any atom is -0.478 e. The van der Waals surface area contributed by atoms with Crippen molar-refractivity contribution in [2.24, 2.45) is 0 Å². The molecule has 0 fully saturated rings. The molecule has 0 aliphatic heterocycles. The average Bonchev–Trinajstić information content (AvgIpc) is 2.39. The first-order valence-electron chi connectivity index (χ1n) is 5.44. The summed E-state index contributed by atoms with van der Waals surface area (Å²) in [7, 11) is -2.87. The van der Waals surface area contributed by atoms with Gasteiger partial charge in [0, 0.05) is 13.1 Å². The fourth-order valence-corrected chi connectivity index (χ4v) is 3.08. The van der Waals surface area contributed by atoms with E-state index in [1.807, 2.05) is 0 Å². The summed E-state index contributed by atoms with van der Waals surface area (Å²) in [5.41, 5.74) is -0.832. The number of sulfonamides is 1. The van der Waals surface area contributed by atoms with E-state index in [1.54, 1.807) is 0 Å². The Morgan fingerprint density at radius 2 is 2.05 bits per heavy atom. The largest absolute Gasteiger partial charge is 0.478 e. The summed E-state index contributed by atoms with van der Waals surface area (Å²) in [5, 5.41) is 17.2. The van der Waals surface area contributed by atoms with Crippen LogP contribution in [0.5, 0.6) is 0 Å².